The molecule has 0 spiro atoms. The second kappa shape index (κ2) is 5.35. The molecule has 0 saturated carbocycles. The van der Waals surface area contributed by atoms with Crippen LogP contribution in [0.5, 0.6) is 0 Å². The minimum absolute atomic E-state index is 0.339. The number of hydrogen-bond donors (Lipinski definition) is 0. The highest BCUT2D eigenvalue weighted by molar-refractivity contribution is 6.27. The third-order valence-electron chi connectivity index (χ3n) is 3.91. The van der Waals surface area contributed by atoms with E-state index in [0.717, 1.165) is 0 Å². The van der Waals surface area contributed by atoms with Gasteiger partial charge in [0.1, 0.15) is 0 Å². The van der Waals surface area contributed by atoms with Crippen LogP contribution in [0.2, 0.25) is 0 Å². The molecule has 1 aliphatic rings. The predicted molar refractivity (Wildman–Crippen MR) is 84.1 cm³/mol. The van der Waals surface area contributed by atoms with Gasteiger partial charge in [-0.25, -0.2) is 0 Å². The van der Waals surface area contributed by atoms with Gasteiger partial charge < -0.3 is 9.64 Å². The van der Waals surface area contributed by atoms with Crippen molar-refractivity contribution in [3.63, 3.8) is 0 Å². The number of fused-ring (bicyclic) bond motifs is 1. The van der Waals surface area contributed by atoms with Crippen LogP contribution in [0.4, 0.5) is 5.69 Å². The van der Waals surface area contributed by atoms with Crippen molar-refractivity contribution in [2.75, 3.05) is 11.9 Å². The Labute approximate surface area is 133 Å². The van der Waals surface area contributed by atoms with E-state index >= 15 is 0 Å². The SMILES string of the molecule is CC(=O)O[C@@]1(c2ccccc2)C(=O)c2ccccc2N(C)C1=O. The van der Waals surface area contributed by atoms with Gasteiger partial charge in [0.05, 0.1) is 5.69 Å². The molecule has 23 heavy (non-hydrogen) atoms. The molecule has 1 atom stereocenters. The maximum absolute atomic E-state index is 13.1. The average Bonchev–Trinajstić information content (AvgIpc) is 2.57. The van der Waals surface area contributed by atoms with Gasteiger partial charge >= 0.3 is 5.97 Å². The van der Waals surface area contributed by atoms with Crippen LogP contribution in [-0.2, 0) is 19.9 Å². The van der Waals surface area contributed by atoms with Crippen LogP contribution in [0.1, 0.15) is 22.8 Å². The van der Waals surface area contributed by atoms with Crippen molar-refractivity contribution >= 4 is 23.3 Å². The number of benzene rings is 2. The van der Waals surface area contributed by atoms with Gasteiger partial charge in [0.15, 0.2) is 0 Å². The molecule has 5 nitrogen and oxygen atoms in total. The predicted octanol–water partition coefficient (Wildman–Crippen LogP) is 2.30. The first-order valence-corrected chi connectivity index (χ1v) is 7.15. The van der Waals surface area contributed by atoms with E-state index in [1.807, 2.05) is 0 Å². The average molecular weight is 309 g/mol. The molecule has 1 heterocycles. The largest absolute Gasteiger partial charge is 0.435 e. The van der Waals surface area contributed by atoms with E-state index in [1.165, 1.54) is 11.8 Å². The highest BCUT2D eigenvalue weighted by Crippen LogP contribution is 2.40. The molecule has 3 rings (SSSR count). The smallest absolute Gasteiger partial charge is 0.304 e. The Balaban J connectivity index is 2.30. The van der Waals surface area contributed by atoms with Gasteiger partial charge in [-0.15, -0.1) is 0 Å². The first kappa shape index (κ1) is 15.0. The molecular formula is C18H15NO4. The number of rotatable bonds is 2. The van der Waals surface area contributed by atoms with E-state index in [4.69, 9.17) is 4.74 Å². The van der Waals surface area contributed by atoms with Crippen molar-refractivity contribution in [1.82, 2.24) is 0 Å². The molecule has 0 aliphatic carbocycles. The van der Waals surface area contributed by atoms with Gasteiger partial charge in [0, 0.05) is 25.1 Å². The lowest BCUT2D eigenvalue weighted by molar-refractivity contribution is -0.161. The normalized spacial score (nSPS) is 20.2. The highest BCUT2D eigenvalue weighted by Gasteiger charge is 2.56. The van der Waals surface area contributed by atoms with Gasteiger partial charge in [-0.1, -0.05) is 42.5 Å². The number of amides is 1. The Bertz CT molecular complexity index is 800. The Morgan fingerprint density at radius 2 is 1.61 bits per heavy atom. The van der Waals surface area contributed by atoms with Gasteiger partial charge in [0.25, 0.3) is 11.5 Å². The maximum atomic E-state index is 13.1. The van der Waals surface area contributed by atoms with Crippen molar-refractivity contribution in [2.45, 2.75) is 12.5 Å². The van der Waals surface area contributed by atoms with E-state index in [0.29, 0.717) is 16.8 Å². The number of carbonyl (C=O) groups excluding carboxylic acids is 3. The van der Waals surface area contributed by atoms with Crippen LogP contribution in [-0.4, -0.2) is 24.7 Å². The topological polar surface area (TPSA) is 63.7 Å². The summed E-state index contributed by atoms with van der Waals surface area (Å²) in [6.07, 6.45) is 0. The second-order valence-corrected chi connectivity index (χ2v) is 5.35. The summed E-state index contributed by atoms with van der Waals surface area (Å²) in [5, 5.41) is 0. The second-order valence-electron chi connectivity index (χ2n) is 5.35. The fraction of sp³-hybridized carbons (Fsp3) is 0.167. The monoisotopic (exact) mass is 309 g/mol. The molecule has 0 bridgehead atoms. The molecule has 0 unspecified atom stereocenters. The molecule has 1 amide bonds. The quantitative estimate of drug-likeness (QED) is 0.631. The molecule has 0 radical (unpaired) electrons. The number of nitrogens with zero attached hydrogens (tertiary/aromatic N) is 1. The van der Waals surface area contributed by atoms with Crippen molar-refractivity contribution in [1.29, 1.82) is 0 Å². The zero-order valence-corrected chi connectivity index (χ0v) is 12.8. The minimum atomic E-state index is -1.98. The number of anilines is 1. The van der Waals surface area contributed by atoms with Crippen molar-refractivity contribution in [3.05, 3.63) is 65.7 Å². The van der Waals surface area contributed by atoms with Crippen LogP contribution in [0.3, 0.4) is 0 Å². The third-order valence-corrected chi connectivity index (χ3v) is 3.91. The summed E-state index contributed by atoms with van der Waals surface area (Å²) in [4.78, 5) is 39.1. The lowest BCUT2D eigenvalue weighted by atomic mass is 9.80. The summed E-state index contributed by atoms with van der Waals surface area (Å²) < 4.78 is 5.34. The third kappa shape index (κ3) is 2.12. The van der Waals surface area contributed by atoms with Crippen molar-refractivity contribution in [3.8, 4) is 0 Å². The summed E-state index contributed by atoms with van der Waals surface area (Å²) in [5.74, 6) is -1.80. The Morgan fingerprint density at radius 1 is 1.00 bits per heavy atom. The van der Waals surface area contributed by atoms with E-state index < -0.39 is 23.3 Å². The van der Waals surface area contributed by atoms with E-state index in [9.17, 15) is 14.4 Å². The fourth-order valence-corrected chi connectivity index (χ4v) is 2.88. The zero-order chi connectivity index (χ0) is 16.6. The molecule has 5 heteroatoms. The number of ketones is 1. The van der Waals surface area contributed by atoms with E-state index in [2.05, 4.69) is 0 Å². The standard InChI is InChI=1S/C18H15NO4/c1-12(20)23-18(13-8-4-3-5-9-13)16(21)14-10-6-7-11-15(14)19(2)17(18)22/h3-11H,1-2H3/t18-/m0/s1. The number of likely N-dealkylation sites (N-methyl/N-ethyl adjacent to an activating group) is 1. The highest BCUT2D eigenvalue weighted by atomic mass is 16.6. The molecule has 0 saturated heterocycles. The Morgan fingerprint density at radius 3 is 2.26 bits per heavy atom. The molecular weight excluding hydrogens is 294 g/mol. The number of Topliss-reactive ketones (excluding diaryl/α,β-unsaturated/α-hetero) is 1. The molecule has 0 aromatic heterocycles. The van der Waals surface area contributed by atoms with Gasteiger partial charge in [-0.05, 0) is 12.1 Å². The zero-order valence-electron chi connectivity index (χ0n) is 12.8. The minimum Gasteiger partial charge on any atom is -0.435 e. The number of para-hydroxylation sites is 1. The number of hydrogen-bond acceptors (Lipinski definition) is 4. The van der Waals surface area contributed by atoms with Gasteiger partial charge in [-0.3, -0.25) is 14.4 Å². The summed E-state index contributed by atoms with van der Waals surface area (Å²) in [6, 6.07) is 15.2. The first-order valence-electron chi connectivity index (χ1n) is 7.15. The van der Waals surface area contributed by atoms with Crippen LogP contribution in [0.25, 0.3) is 0 Å². The number of carbonyl (C=O) groups is 3. The lowest BCUT2D eigenvalue weighted by Crippen LogP contribution is -2.57. The molecule has 1 aliphatic heterocycles. The molecule has 0 fully saturated rings. The van der Waals surface area contributed by atoms with E-state index in [-0.39, 0.29) is 0 Å². The van der Waals surface area contributed by atoms with Crippen LogP contribution in [0.15, 0.2) is 54.6 Å². The Kier molecular flexibility index (Phi) is 3.48. The number of ether oxygens (including phenoxy) is 1. The van der Waals surface area contributed by atoms with Gasteiger partial charge in [0.2, 0.25) is 5.78 Å². The van der Waals surface area contributed by atoms with Crippen LogP contribution >= 0.6 is 0 Å². The molecule has 2 aromatic carbocycles. The summed E-state index contributed by atoms with van der Waals surface area (Å²) in [5.41, 5.74) is -0.789. The molecule has 116 valence electrons. The summed E-state index contributed by atoms with van der Waals surface area (Å²) in [7, 11) is 1.56. The summed E-state index contributed by atoms with van der Waals surface area (Å²) in [6.45, 7) is 1.19. The lowest BCUT2D eigenvalue weighted by Gasteiger charge is -2.39. The Hall–Kier alpha value is -2.95. The first-order chi connectivity index (χ1) is 11.0. The van der Waals surface area contributed by atoms with E-state index in [1.54, 1.807) is 61.6 Å². The maximum Gasteiger partial charge on any atom is 0.304 e. The van der Waals surface area contributed by atoms with Gasteiger partial charge in [-0.2, -0.15) is 0 Å². The number of esters is 1. The fourth-order valence-electron chi connectivity index (χ4n) is 2.88. The molecule has 0 N–H and O–H groups in total. The molecule has 2 aromatic rings. The summed E-state index contributed by atoms with van der Waals surface area (Å²) >= 11 is 0. The van der Waals surface area contributed by atoms with Crippen molar-refractivity contribution in [2.24, 2.45) is 0 Å². The van der Waals surface area contributed by atoms with Crippen molar-refractivity contribution < 1.29 is 19.1 Å². The van der Waals surface area contributed by atoms with Crippen LogP contribution < -0.4 is 4.90 Å². The van der Waals surface area contributed by atoms with Crippen LogP contribution in [0, 0.1) is 0 Å².